The Balaban J connectivity index is 1.91. The van der Waals surface area contributed by atoms with Gasteiger partial charge in [-0.15, -0.1) is 0 Å². The van der Waals surface area contributed by atoms with Crippen LogP contribution in [0.5, 0.6) is 11.5 Å². The maximum atomic E-state index is 13.2. The quantitative estimate of drug-likeness (QED) is 0.608. The molecule has 1 aliphatic heterocycles. The second kappa shape index (κ2) is 7.12. The van der Waals surface area contributed by atoms with Crippen LogP contribution in [0.15, 0.2) is 41.4 Å². The summed E-state index contributed by atoms with van der Waals surface area (Å²) in [4.78, 5) is 28.8. The van der Waals surface area contributed by atoms with E-state index in [1.165, 1.54) is 19.2 Å². The zero-order valence-electron chi connectivity index (χ0n) is 17.0. The third kappa shape index (κ3) is 3.38. The number of hydrogen-bond donors (Lipinski definition) is 1. The second-order valence-electron chi connectivity index (χ2n) is 8.53. The summed E-state index contributed by atoms with van der Waals surface area (Å²) in [6.45, 7) is 4.06. The van der Waals surface area contributed by atoms with Crippen molar-refractivity contribution >= 4 is 28.6 Å². The fraction of sp³-hybridized carbons (Fsp3) is 0.364. The number of rotatable bonds is 3. The fourth-order valence-electron chi connectivity index (χ4n) is 4.37. The molecular formula is C22H22N3O5-. The lowest BCUT2D eigenvalue weighted by atomic mass is 9.68. The van der Waals surface area contributed by atoms with E-state index in [-0.39, 0.29) is 16.9 Å². The van der Waals surface area contributed by atoms with Crippen LogP contribution in [0.2, 0.25) is 0 Å². The monoisotopic (exact) mass is 408 g/mol. The highest BCUT2D eigenvalue weighted by atomic mass is 16.6. The Morgan fingerprint density at radius 3 is 2.67 bits per heavy atom. The third-order valence-electron chi connectivity index (χ3n) is 5.66. The van der Waals surface area contributed by atoms with Crippen molar-refractivity contribution in [1.29, 1.82) is 0 Å². The van der Waals surface area contributed by atoms with E-state index < -0.39 is 28.3 Å². The van der Waals surface area contributed by atoms with Crippen LogP contribution in [-0.2, 0) is 4.79 Å². The molecule has 0 radical (unpaired) electrons. The first-order valence-corrected chi connectivity index (χ1v) is 9.69. The molecule has 0 aromatic heterocycles. The number of ketones is 1. The van der Waals surface area contributed by atoms with Gasteiger partial charge in [-0.1, -0.05) is 26.0 Å². The first-order chi connectivity index (χ1) is 14.2. The summed E-state index contributed by atoms with van der Waals surface area (Å²) >= 11 is 0. The fourth-order valence-corrected chi connectivity index (χ4v) is 4.37. The van der Waals surface area contributed by atoms with Gasteiger partial charge in [0, 0.05) is 23.9 Å². The molecule has 156 valence electrons. The van der Waals surface area contributed by atoms with E-state index in [1.807, 2.05) is 38.1 Å². The number of methoxy groups -OCH3 is 1. The molecule has 1 N–H and O–H groups in total. The topological polar surface area (TPSA) is 117 Å². The smallest absolute Gasteiger partial charge is 0.265 e. The number of Topliss-reactive ketones (excluding diaryl/α,β-unsaturated/α-hetero) is 1. The number of ether oxygens (including phenoxy) is 1. The number of nitrogens with zero attached hydrogens (tertiary/aromatic N) is 2. The molecule has 2 aliphatic rings. The Labute approximate surface area is 173 Å². The number of para-hydroxylation sites is 2. The van der Waals surface area contributed by atoms with E-state index in [1.54, 1.807) is 0 Å². The Kier molecular flexibility index (Phi) is 4.72. The van der Waals surface area contributed by atoms with Gasteiger partial charge in [-0.2, -0.15) is 0 Å². The highest BCUT2D eigenvalue weighted by molar-refractivity contribution is 6.10. The molecule has 4 rings (SSSR count). The Morgan fingerprint density at radius 1 is 1.23 bits per heavy atom. The minimum atomic E-state index is -0.787. The van der Waals surface area contributed by atoms with Crippen LogP contribution in [0.1, 0.15) is 38.3 Å². The van der Waals surface area contributed by atoms with Crippen molar-refractivity contribution in [3.8, 4) is 11.5 Å². The lowest BCUT2D eigenvalue weighted by Crippen LogP contribution is -2.42. The van der Waals surface area contributed by atoms with Gasteiger partial charge in [-0.05, 0) is 35.6 Å². The second-order valence-corrected chi connectivity index (χ2v) is 8.53. The molecule has 1 aliphatic carbocycles. The Bertz CT molecular complexity index is 1080. The van der Waals surface area contributed by atoms with Gasteiger partial charge in [-0.25, -0.2) is 0 Å². The highest BCUT2D eigenvalue weighted by Crippen LogP contribution is 2.47. The number of nitro benzene ring substituents is 1. The van der Waals surface area contributed by atoms with Crippen LogP contribution in [0.3, 0.4) is 0 Å². The number of anilines is 1. The van der Waals surface area contributed by atoms with E-state index in [9.17, 15) is 20.0 Å². The molecule has 1 heterocycles. The first kappa shape index (κ1) is 19.9. The summed E-state index contributed by atoms with van der Waals surface area (Å²) in [5.41, 5.74) is 1.83. The molecule has 8 nitrogen and oxygen atoms in total. The van der Waals surface area contributed by atoms with Crippen LogP contribution < -0.4 is 15.2 Å². The van der Waals surface area contributed by atoms with E-state index in [0.29, 0.717) is 24.1 Å². The van der Waals surface area contributed by atoms with Crippen molar-refractivity contribution in [2.45, 2.75) is 32.7 Å². The number of carbonyl (C=O) groups is 1. The van der Waals surface area contributed by atoms with Gasteiger partial charge in [0.1, 0.15) is 11.5 Å². The Hall–Kier alpha value is -3.42. The number of fused-ring (bicyclic) bond motifs is 2. The van der Waals surface area contributed by atoms with Gasteiger partial charge < -0.3 is 15.2 Å². The normalized spacial score (nSPS) is 22.1. The van der Waals surface area contributed by atoms with Crippen LogP contribution in [0, 0.1) is 21.4 Å². The van der Waals surface area contributed by atoms with Crippen LogP contribution in [0.25, 0.3) is 0 Å². The molecule has 2 atom stereocenters. The summed E-state index contributed by atoms with van der Waals surface area (Å²) in [5.74, 6) is -1.48. The van der Waals surface area contributed by atoms with Crippen molar-refractivity contribution in [1.82, 2.24) is 0 Å². The SMILES string of the molecule is COc1cc([C@@H]2Nc3ccccc3N=C3CC(C)(C)CC(=O)C32)cc([N+](=O)[O-])c1[O-]. The Morgan fingerprint density at radius 2 is 1.97 bits per heavy atom. The molecule has 1 unspecified atom stereocenters. The molecule has 30 heavy (non-hydrogen) atoms. The number of hydrogen-bond acceptors (Lipinski definition) is 7. The summed E-state index contributed by atoms with van der Waals surface area (Å²) in [6.07, 6.45) is 1.01. The van der Waals surface area contributed by atoms with E-state index >= 15 is 0 Å². The third-order valence-corrected chi connectivity index (χ3v) is 5.66. The highest BCUT2D eigenvalue weighted by Gasteiger charge is 2.44. The number of carbonyl (C=O) groups excluding carboxylic acids is 1. The summed E-state index contributed by atoms with van der Waals surface area (Å²) in [7, 11) is 1.29. The lowest BCUT2D eigenvalue weighted by molar-refractivity contribution is -0.398. The molecule has 0 bridgehead atoms. The maximum Gasteiger partial charge on any atom is 0.265 e. The van der Waals surface area contributed by atoms with Crippen molar-refractivity contribution in [3.63, 3.8) is 0 Å². The van der Waals surface area contributed by atoms with Gasteiger partial charge in [0.25, 0.3) is 5.69 Å². The average molecular weight is 408 g/mol. The van der Waals surface area contributed by atoms with Gasteiger partial charge in [-0.3, -0.25) is 19.9 Å². The van der Waals surface area contributed by atoms with Crippen LogP contribution in [-0.4, -0.2) is 23.5 Å². The van der Waals surface area contributed by atoms with E-state index in [0.717, 1.165) is 11.4 Å². The summed E-state index contributed by atoms with van der Waals surface area (Å²) < 4.78 is 5.10. The van der Waals surface area contributed by atoms with Gasteiger partial charge in [0.05, 0.1) is 35.4 Å². The van der Waals surface area contributed by atoms with Crippen molar-refractivity contribution in [2.24, 2.45) is 16.3 Å². The molecule has 8 heteroatoms. The maximum absolute atomic E-state index is 13.2. The van der Waals surface area contributed by atoms with Gasteiger partial charge >= 0.3 is 0 Å². The number of nitrogens with one attached hydrogen (secondary N) is 1. The van der Waals surface area contributed by atoms with Crippen LogP contribution >= 0.6 is 0 Å². The molecule has 0 amide bonds. The van der Waals surface area contributed by atoms with Gasteiger partial charge in [0.2, 0.25) is 0 Å². The molecule has 2 aromatic rings. The zero-order valence-corrected chi connectivity index (χ0v) is 17.0. The summed E-state index contributed by atoms with van der Waals surface area (Å²) in [6, 6.07) is 9.55. The van der Waals surface area contributed by atoms with Crippen molar-refractivity contribution in [2.75, 3.05) is 12.4 Å². The molecule has 1 saturated carbocycles. The lowest BCUT2D eigenvalue weighted by Gasteiger charge is -2.37. The van der Waals surface area contributed by atoms with E-state index in [2.05, 4.69) is 5.32 Å². The molecule has 0 saturated heterocycles. The van der Waals surface area contributed by atoms with E-state index in [4.69, 9.17) is 9.73 Å². The predicted octanol–water partition coefficient (Wildman–Crippen LogP) is 3.92. The minimum Gasteiger partial charge on any atom is -0.865 e. The number of nitro groups is 1. The predicted molar refractivity (Wildman–Crippen MR) is 111 cm³/mol. The van der Waals surface area contributed by atoms with Crippen molar-refractivity contribution in [3.05, 3.63) is 52.1 Å². The minimum absolute atomic E-state index is 0.0168. The zero-order chi connectivity index (χ0) is 21.6. The molecule has 1 fully saturated rings. The molecule has 0 spiro atoms. The largest absolute Gasteiger partial charge is 0.865 e. The van der Waals surface area contributed by atoms with Gasteiger partial charge in [0.15, 0.2) is 0 Å². The average Bonchev–Trinajstić information content (AvgIpc) is 2.83. The first-order valence-electron chi connectivity index (χ1n) is 9.69. The summed E-state index contributed by atoms with van der Waals surface area (Å²) in [5, 5.41) is 27.1. The number of benzene rings is 2. The van der Waals surface area contributed by atoms with Crippen molar-refractivity contribution < 1.29 is 19.6 Å². The number of aliphatic imine (C=N–C) groups is 1. The standard InChI is InChI=1S/C22H23N3O5/c1-22(2)10-15-19(17(26)11-22)20(24-14-7-5-4-6-13(14)23-15)12-8-16(25(28)29)21(27)18(9-12)30-3/h4-9,19-20,24,27H,10-11H2,1-3H3/p-1/t19?,20-/m0/s1. The molecular weight excluding hydrogens is 386 g/mol. The molecule has 2 aromatic carbocycles. The van der Waals surface area contributed by atoms with Crippen LogP contribution in [0.4, 0.5) is 17.1 Å².